The summed E-state index contributed by atoms with van der Waals surface area (Å²) in [6, 6.07) is 0. The molecule has 0 aliphatic carbocycles. The molecule has 4 atom stereocenters. The van der Waals surface area contributed by atoms with Crippen LogP contribution in [-0.4, -0.2) is 79.7 Å². The highest BCUT2D eigenvalue weighted by atomic mass is 16.6. The molecule has 13 heteroatoms. The Balaban J connectivity index is 0.000000168. The van der Waals surface area contributed by atoms with Gasteiger partial charge in [0.1, 0.15) is 47.8 Å². The van der Waals surface area contributed by atoms with E-state index in [4.69, 9.17) is 15.6 Å². The van der Waals surface area contributed by atoms with Gasteiger partial charge < -0.3 is 30.8 Å². The number of aliphatic hydroxyl groups is 3. The van der Waals surface area contributed by atoms with Gasteiger partial charge in [-0.25, -0.2) is 29.9 Å². The van der Waals surface area contributed by atoms with E-state index in [-0.39, 0.29) is 5.82 Å². The van der Waals surface area contributed by atoms with Crippen molar-refractivity contribution < 1.29 is 20.1 Å². The largest absolute Gasteiger partial charge is 0.394 e. The standard InChI is InChI=1S/C10H13N5O4.C7H6N4/c11-8-5-9(13-2-12-8)15(3-14-5)10-7(18)6(17)4(1-16)19-10;1-2-6-10-5-3-8-4-9-7(5)11-6/h2-4,6-7,10,16-18H,1H2,(H2,11,12,13);2-4H,1H2,(H,8,9,10,11)/t4-,6-,7-,10-;/m1./s1. The molecule has 0 amide bonds. The molecule has 1 saturated heterocycles. The van der Waals surface area contributed by atoms with Gasteiger partial charge in [0, 0.05) is 0 Å². The zero-order valence-electron chi connectivity index (χ0n) is 15.6. The van der Waals surface area contributed by atoms with E-state index < -0.39 is 31.1 Å². The minimum absolute atomic E-state index is 0.218. The lowest BCUT2D eigenvalue weighted by atomic mass is 10.1. The Kier molecular flexibility index (Phi) is 5.33. The van der Waals surface area contributed by atoms with E-state index in [1.807, 2.05) is 0 Å². The Morgan fingerprint density at radius 2 is 2.03 bits per heavy atom. The first-order chi connectivity index (χ1) is 14.5. The molecule has 5 rings (SSSR count). The average Bonchev–Trinajstić information content (AvgIpc) is 3.45. The number of nitrogen functional groups attached to an aromatic ring is 1. The number of nitrogens with zero attached hydrogens (tertiary/aromatic N) is 7. The number of nitrogens with one attached hydrogen (secondary N) is 1. The summed E-state index contributed by atoms with van der Waals surface area (Å²) in [5, 5.41) is 28.7. The highest BCUT2D eigenvalue weighted by Crippen LogP contribution is 2.31. The molecule has 4 aromatic rings. The van der Waals surface area contributed by atoms with Crippen molar-refractivity contribution in [3.8, 4) is 0 Å². The first-order valence-corrected chi connectivity index (χ1v) is 8.87. The molecular formula is C17H19N9O4. The minimum atomic E-state index is -1.19. The second kappa shape index (κ2) is 8.08. The van der Waals surface area contributed by atoms with E-state index in [0.717, 1.165) is 11.3 Å². The van der Waals surface area contributed by atoms with Crippen LogP contribution in [0.1, 0.15) is 12.1 Å². The van der Waals surface area contributed by atoms with Gasteiger partial charge in [-0.1, -0.05) is 6.58 Å². The van der Waals surface area contributed by atoms with Crippen LogP contribution in [0.25, 0.3) is 28.4 Å². The van der Waals surface area contributed by atoms with Crippen LogP contribution in [0.4, 0.5) is 5.82 Å². The van der Waals surface area contributed by atoms with Gasteiger partial charge in [0.2, 0.25) is 0 Å². The van der Waals surface area contributed by atoms with Crippen LogP contribution < -0.4 is 5.73 Å². The van der Waals surface area contributed by atoms with Crippen LogP contribution in [-0.2, 0) is 4.74 Å². The van der Waals surface area contributed by atoms with Gasteiger partial charge in [-0.15, -0.1) is 0 Å². The number of nitrogens with two attached hydrogens (primary N) is 1. The third-order valence-electron chi connectivity index (χ3n) is 4.55. The normalized spacial score (nSPS) is 23.4. The number of aromatic amines is 1. The van der Waals surface area contributed by atoms with Crippen molar-refractivity contribution in [2.45, 2.75) is 24.5 Å². The second-order valence-corrected chi connectivity index (χ2v) is 6.40. The van der Waals surface area contributed by atoms with Crippen molar-refractivity contribution in [1.29, 1.82) is 0 Å². The summed E-state index contributed by atoms with van der Waals surface area (Å²) in [7, 11) is 0. The van der Waals surface area contributed by atoms with Gasteiger partial charge in [-0.05, 0) is 6.08 Å². The molecule has 0 aromatic carbocycles. The SMILES string of the molecule is C=Cc1nc2ncncc2[nH]1.Nc1ncnc2c1ncn2[C@@H]1O[C@H](CO)[C@@H](O)[C@H]1O. The molecule has 156 valence electrons. The molecule has 30 heavy (non-hydrogen) atoms. The maximum Gasteiger partial charge on any atom is 0.181 e. The highest BCUT2D eigenvalue weighted by molar-refractivity contribution is 5.81. The number of rotatable bonds is 3. The van der Waals surface area contributed by atoms with Crippen LogP contribution in [0.3, 0.4) is 0 Å². The van der Waals surface area contributed by atoms with Gasteiger partial charge in [0.15, 0.2) is 23.3 Å². The van der Waals surface area contributed by atoms with Crippen molar-refractivity contribution >= 4 is 34.2 Å². The van der Waals surface area contributed by atoms with Crippen LogP contribution in [0.2, 0.25) is 0 Å². The maximum atomic E-state index is 9.95. The summed E-state index contributed by atoms with van der Waals surface area (Å²) in [6.07, 6.45) is 3.37. The molecule has 4 aromatic heterocycles. The van der Waals surface area contributed by atoms with Crippen LogP contribution in [0.5, 0.6) is 0 Å². The molecule has 5 heterocycles. The first-order valence-electron chi connectivity index (χ1n) is 8.87. The van der Waals surface area contributed by atoms with E-state index in [1.165, 1.54) is 23.5 Å². The van der Waals surface area contributed by atoms with Crippen molar-refractivity contribution in [1.82, 2.24) is 39.5 Å². The summed E-state index contributed by atoms with van der Waals surface area (Å²) >= 11 is 0. The molecule has 1 aliphatic rings. The number of hydrogen-bond donors (Lipinski definition) is 5. The van der Waals surface area contributed by atoms with E-state index >= 15 is 0 Å². The third-order valence-corrected chi connectivity index (χ3v) is 4.55. The number of ether oxygens (including phenoxy) is 1. The Bertz CT molecular complexity index is 1140. The van der Waals surface area contributed by atoms with Gasteiger partial charge in [0.25, 0.3) is 0 Å². The number of hydrogen-bond acceptors (Lipinski definition) is 11. The summed E-state index contributed by atoms with van der Waals surface area (Å²) in [4.78, 5) is 26.8. The predicted octanol–water partition coefficient (Wildman–Crippen LogP) is -0.984. The number of aliphatic hydroxyl groups excluding tert-OH is 3. The highest BCUT2D eigenvalue weighted by Gasteiger charge is 2.43. The Morgan fingerprint density at radius 1 is 1.20 bits per heavy atom. The average molecular weight is 413 g/mol. The first kappa shape index (κ1) is 19.8. The number of anilines is 1. The molecule has 1 aliphatic heterocycles. The molecule has 0 radical (unpaired) electrons. The summed E-state index contributed by atoms with van der Waals surface area (Å²) in [5.41, 5.74) is 7.96. The van der Waals surface area contributed by atoms with Crippen LogP contribution in [0, 0.1) is 0 Å². The van der Waals surface area contributed by atoms with Gasteiger partial charge in [-0.3, -0.25) is 4.57 Å². The van der Waals surface area contributed by atoms with Crippen molar-refractivity contribution in [3.05, 3.63) is 37.6 Å². The fourth-order valence-corrected chi connectivity index (χ4v) is 3.04. The van der Waals surface area contributed by atoms with Crippen molar-refractivity contribution in [2.75, 3.05) is 12.3 Å². The quantitative estimate of drug-likeness (QED) is 0.277. The molecule has 0 bridgehead atoms. The molecule has 13 nitrogen and oxygen atoms in total. The molecular weight excluding hydrogens is 394 g/mol. The second-order valence-electron chi connectivity index (χ2n) is 6.40. The molecule has 0 saturated carbocycles. The Morgan fingerprint density at radius 3 is 2.73 bits per heavy atom. The lowest BCUT2D eigenvalue weighted by Crippen LogP contribution is -2.33. The zero-order valence-corrected chi connectivity index (χ0v) is 15.6. The topological polar surface area (TPSA) is 194 Å². The van der Waals surface area contributed by atoms with Crippen molar-refractivity contribution in [2.24, 2.45) is 0 Å². The molecule has 0 spiro atoms. The molecule has 0 unspecified atom stereocenters. The third kappa shape index (κ3) is 3.46. The Labute approximate surface area is 168 Å². The van der Waals surface area contributed by atoms with Crippen LogP contribution >= 0.6 is 0 Å². The fraction of sp³-hybridized carbons (Fsp3) is 0.294. The predicted molar refractivity (Wildman–Crippen MR) is 105 cm³/mol. The summed E-state index contributed by atoms with van der Waals surface area (Å²) in [6.45, 7) is 3.19. The van der Waals surface area contributed by atoms with Gasteiger partial charge >= 0.3 is 0 Å². The number of aromatic nitrogens is 8. The van der Waals surface area contributed by atoms with E-state index in [9.17, 15) is 10.2 Å². The molecule has 6 N–H and O–H groups in total. The zero-order chi connectivity index (χ0) is 21.3. The number of imidazole rings is 2. The number of fused-ring (bicyclic) bond motifs is 2. The van der Waals surface area contributed by atoms with E-state index in [2.05, 4.69) is 41.5 Å². The molecule has 1 fully saturated rings. The van der Waals surface area contributed by atoms with Crippen LogP contribution in [0.15, 0.2) is 31.8 Å². The summed E-state index contributed by atoms with van der Waals surface area (Å²) in [5.74, 6) is 0.941. The number of H-pyrrole nitrogens is 1. The fourth-order valence-electron chi connectivity index (χ4n) is 3.04. The van der Waals surface area contributed by atoms with E-state index in [0.29, 0.717) is 16.8 Å². The van der Waals surface area contributed by atoms with E-state index in [1.54, 1.807) is 12.3 Å². The minimum Gasteiger partial charge on any atom is -0.394 e. The van der Waals surface area contributed by atoms with Gasteiger partial charge in [-0.2, -0.15) is 0 Å². The lowest BCUT2D eigenvalue weighted by molar-refractivity contribution is -0.0511. The maximum absolute atomic E-state index is 9.95. The van der Waals surface area contributed by atoms with Crippen molar-refractivity contribution in [3.63, 3.8) is 0 Å². The van der Waals surface area contributed by atoms with Gasteiger partial charge in [0.05, 0.1) is 19.1 Å². The lowest BCUT2D eigenvalue weighted by Gasteiger charge is -2.16. The summed E-state index contributed by atoms with van der Waals surface area (Å²) < 4.78 is 6.85. The Hall–Kier alpha value is -3.52. The smallest absolute Gasteiger partial charge is 0.181 e. The monoisotopic (exact) mass is 413 g/mol.